The van der Waals surface area contributed by atoms with Crippen LogP contribution in [0, 0.1) is 0 Å². The van der Waals surface area contributed by atoms with Crippen LogP contribution in [0.1, 0.15) is 48.2 Å². The van der Waals surface area contributed by atoms with Gasteiger partial charge in [0.25, 0.3) is 5.91 Å². The Kier molecular flexibility index (Phi) is 5.51. The van der Waals surface area contributed by atoms with Gasteiger partial charge in [0.05, 0.1) is 0 Å². The highest BCUT2D eigenvalue weighted by atomic mass is 32.2. The fourth-order valence-electron chi connectivity index (χ4n) is 3.24. The summed E-state index contributed by atoms with van der Waals surface area (Å²) in [5.74, 6) is 0.437. The fourth-order valence-corrected chi connectivity index (χ4v) is 4.84. The molecule has 1 aliphatic carbocycles. The van der Waals surface area contributed by atoms with Gasteiger partial charge in [-0.2, -0.15) is 0 Å². The average molecular weight is 344 g/mol. The van der Waals surface area contributed by atoms with Gasteiger partial charge in [-0.25, -0.2) is 0 Å². The van der Waals surface area contributed by atoms with Gasteiger partial charge in [0.15, 0.2) is 0 Å². The Morgan fingerprint density at radius 2 is 2.00 bits per heavy atom. The summed E-state index contributed by atoms with van der Waals surface area (Å²) in [4.78, 5) is 12.3. The quantitative estimate of drug-likeness (QED) is 0.895. The van der Waals surface area contributed by atoms with Crippen molar-refractivity contribution in [3.8, 4) is 0 Å². The van der Waals surface area contributed by atoms with Gasteiger partial charge in [-0.3, -0.25) is 9.00 Å². The van der Waals surface area contributed by atoms with Gasteiger partial charge in [0, 0.05) is 40.7 Å². The summed E-state index contributed by atoms with van der Waals surface area (Å²) in [7, 11) is 1.02. The van der Waals surface area contributed by atoms with Crippen LogP contribution in [0.4, 0.5) is 5.69 Å². The Morgan fingerprint density at radius 3 is 2.71 bits per heavy atom. The molecule has 128 valence electrons. The predicted octanol–water partition coefficient (Wildman–Crippen LogP) is 3.86. The number of amides is 1. The maximum absolute atomic E-state index is 12.6. The van der Waals surface area contributed by atoms with Crippen LogP contribution in [0.25, 0.3) is 0 Å². The van der Waals surface area contributed by atoms with Crippen molar-refractivity contribution in [2.75, 3.05) is 5.32 Å². The van der Waals surface area contributed by atoms with Crippen molar-refractivity contribution in [3.63, 3.8) is 0 Å². The molecule has 2 aromatic rings. The van der Waals surface area contributed by atoms with Crippen LogP contribution in [0.3, 0.4) is 0 Å². The van der Waals surface area contributed by atoms with Gasteiger partial charge in [0.2, 0.25) is 0 Å². The number of aromatic nitrogens is 1. The molecule has 1 saturated carbocycles. The maximum Gasteiger partial charge on any atom is 0.272 e. The minimum Gasteiger partial charge on any atom is -0.347 e. The number of nitrogens with one attached hydrogen (secondary N) is 1. The zero-order valence-corrected chi connectivity index (χ0v) is 14.8. The van der Waals surface area contributed by atoms with E-state index in [-0.39, 0.29) is 5.91 Å². The number of benzene rings is 1. The van der Waals surface area contributed by atoms with E-state index in [1.807, 2.05) is 43.6 Å². The number of nitrogens with zero attached hydrogens (tertiary/aromatic N) is 1. The molecule has 0 aliphatic heterocycles. The van der Waals surface area contributed by atoms with Gasteiger partial charge in [-0.1, -0.05) is 31.4 Å². The molecule has 0 bridgehead atoms. The van der Waals surface area contributed by atoms with Gasteiger partial charge < -0.3 is 9.88 Å². The lowest BCUT2D eigenvalue weighted by Gasteiger charge is -2.21. The van der Waals surface area contributed by atoms with E-state index in [2.05, 4.69) is 5.32 Å². The second kappa shape index (κ2) is 7.79. The van der Waals surface area contributed by atoms with Crippen LogP contribution >= 0.6 is 0 Å². The molecule has 4 nitrogen and oxygen atoms in total. The lowest BCUT2D eigenvalue weighted by molar-refractivity contribution is 0.101. The van der Waals surface area contributed by atoms with Crippen molar-refractivity contribution in [1.29, 1.82) is 0 Å². The molecule has 0 spiro atoms. The van der Waals surface area contributed by atoms with Crippen LogP contribution < -0.4 is 5.32 Å². The summed E-state index contributed by atoms with van der Waals surface area (Å²) >= 11 is 0. The molecule has 0 radical (unpaired) electrons. The molecule has 1 atom stereocenters. The predicted molar refractivity (Wildman–Crippen MR) is 98.5 cm³/mol. The van der Waals surface area contributed by atoms with Crippen LogP contribution in [-0.4, -0.2) is 19.9 Å². The maximum atomic E-state index is 12.6. The van der Waals surface area contributed by atoms with Crippen LogP contribution in [-0.2, 0) is 23.6 Å². The minimum atomic E-state index is -0.828. The SMILES string of the molecule is Cn1cccc1C(=O)Nc1cccc(C[S@@](=O)C2CCCCC2)c1. The van der Waals surface area contributed by atoms with Gasteiger partial charge in [-0.15, -0.1) is 0 Å². The normalized spacial score (nSPS) is 16.7. The van der Waals surface area contributed by atoms with E-state index in [4.69, 9.17) is 0 Å². The minimum absolute atomic E-state index is 0.131. The van der Waals surface area contributed by atoms with Crippen molar-refractivity contribution in [1.82, 2.24) is 4.57 Å². The third-order valence-electron chi connectivity index (χ3n) is 4.59. The Morgan fingerprint density at radius 1 is 1.21 bits per heavy atom. The summed E-state index contributed by atoms with van der Waals surface area (Å²) in [6.45, 7) is 0. The highest BCUT2D eigenvalue weighted by Gasteiger charge is 2.20. The molecule has 3 rings (SSSR count). The highest BCUT2D eigenvalue weighted by molar-refractivity contribution is 7.84. The molecule has 0 unspecified atom stereocenters. The van der Waals surface area contributed by atoms with Crippen molar-refractivity contribution < 1.29 is 9.00 Å². The smallest absolute Gasteiger partial charge is 0.272 e. The first kappa shape index (κ1) is 17.0. The van der Waals surface area contributed by atoms with E-state index in [1.54, 1.807) is 10.6 Å². The van der Waals surface area contributed by atoms with E-state index in [0.29, 0.717) is 16.7 Å². The number of aryl methyl sites for hydroxylation is 1. The second-order valence-corrected chi connectivity index (χ2v) is 8.16. The molecule has 1 aromatic carbocycles. The lowest BCUT2D eigenvalue weighted by atomic mass is 10.0. The molecule has 1 aromatic heterocycles. The van der Waals surface area contributed by atoms with Gasteiger partial charge in [0.1, 0.15) is 5.69 Å². The van der Waals surface area contributed by atoms with Gasteiger partial charge >= 0.3 is 0 Å². The van der Waals surface area contributed by atoms with E-state index in [1.165, 1.54) is 19.3 Å². The van der Waals surface area contributed by atoms with Crippen molar-refractivity contribution >= 4 is 22.4 Å². The lowest BCUT2D eigenvalue weighted by Crippen LogP contribution is -2.20. The first-order valence-corrected chi connectivity index (χ1v) is 9.90. The third kappa shape index (κ3) is 4.15. The number of carbonyl (C=O) groups is 1. The van der Waals surface area contributed by atoms with Crippen LogP contribution in [0.5, 0.6) is 0 Å². The summed E-state index contributed by atoms with van der Waals surface area (Å²) in [5, 5.41) is 3.25. The highest BCUT2D eigenvalue weighted by Crippen LogP contribution is 2.24. The standard InChI is InChI=1S/C19H24N2O2S/c1-21-12-6-11-18(21)19(22)20-16-8-5-7-15(13-16)14-24(23)17-9-3-2-4-10-17/h5-8,11-13,17H,2-4,9-10,14H2,1H3,(H,20,22)/t24-/m1/s1. The van der Waals surface area contributed by atoms with Crippen molar-refractivity contribution in [2.45, 2.75) is 43.1 Å². The Hall–Kier alpha value is -1.88. The molecule has 1 heterocycles. The van der Waals surface area contributed by atoms with Crippen LogP contribution in [0.15, 0.2) is 42.6 Å². The third-order valence-corrected chi connectivity index (χ3v) is 6.43. The number of carbonyl (C=O) groups excluding carboxylic acids is 1. The number of rotatable bonds is 5. The molecule has 1 N–H and O–H groups in total. The van der Waals surface area contributed by atoms with E-state index >= 15 is 0 Å². The summed E-state index contributed by atoms with van der Waals surface area (Å²) < 4.78 is 14.3. The largest absolute Gasteiger partial charge is 0.347 e. The molecule has 1 fully saturated rings. The Balaban J connectivity index is 1.64. The molecule has 1 aliphatic rings. The Labute approximate surface area is 145 Å². The summed E-state index contributed by atoms with van der Waals surface area (Å²) in [6, 6.07) is 11.3. The molecule has 1 amide bonds. The van der Waals surface area contributed by atoms with E-state index < -0.39 is 10.8 Å². The average Bonchev–Trinajstić information content (AvgIpc) is 3.02. The monoisotopic (exact) mass is 344 g/mol. The zero-order valence-electron chi connectivity index (χ0n) is 14.0. The second-order valence-electron chi connectivity index (χ2n) is 6.44. The number of hydrogen-bond donors (Lipinski definition) is 1. The summed E-state index contributed by atoms with van der Waals surface area (Å²) in [6.07, 6.45) is 7.67. The van der Waals surface area contributed by atoms with Gasteiger partial charge in [-0.05, 0) is 42.7 Å². The molecular formula is C19H24N2O2S. The number of hydrogen-bond acceptors (Lipinski definition) is 2. The van der Waals surface area contributed by atoms with E-state index in [9.17, 15) is 9.00 Å². The molecule has 5 heteroatoms. The topological polar surface area (TPSA) is 51.1 Å². The fraction of sp³-hybridized carbons (Fsp3) is 0.421. The van der Waals surface area contributed by atoms with Crippen LogP contribution in [0.2, 0.25) is 0 Å². The first-order chi connectivity index (χ1) is 11.6. The molecule has 24 heavy (non-hydrogen) atoms. The number of anilines is 1. The first-order valence-electron chi connectivity index (χ1n) is 8.52. The zero-order chi connectivity index (χ0) is 16.9. The van der Waals surface area contributed by atoms with Crippen molar-refractivity contribution in [2.24, 2.45) is 7.05 Å². The summed E-state index contributed by atoms with van der Waals surface area (Å²) in [5.41, 5.74) is 2.38. The Bertz CT molecular complexity index is 732. The van der Waals surface area contributed by atoms with Crippen molar-refractivity contribution in [3.05, 3.63) is 53.9 Å². The molecule has 0 saturated heterocycles. The molecular weight excluding hydrogens is 320 g/mol. The van der Waals surface area contributed by atoms with E-state index in [0.717, 1.165) is 24.1 Å².